The molecule has 2 aromatic carbocycles. The molecule has 0 bridgehead atoms. The van der Waals surface area contributed by atoms with Crippen LogP contribution in [-0.2, 0) is 17.8 Å². The Kier molecular flexibility index (Phi) is 5.63. The third-order valence-corrected chi connectivity index (χ3v) is 5.83. The monoisotopic (exact) mass is 419 g/mol. The molecule has 0 atom stereocenters. The SMILES string of the molecule is COc1ccc(Cc2nc3scc(-c4ccccc4)c3c(=O)n2CCC(N)=O)cc1. The zero-order valence-corrected chi connectivity index (χ0v) is 17.3. The van der Waals surface area contributed by atoms with Gasteiger partial charge >= 0.3 is 0 Å². The van der Waals surface area contributed by atoms with Gasteiger partial charge in [-0.2, -0.15) is 0 Å². The van der Waals surface area contributed by atoms with Gasteiger partial charge in [0.25, 0.3) is 5.56 Å². The maximum absolute atomic E-state index is 13.5. The quantitative estimate of drug-likeness (QED) is 0.496. The van der Waals surface area contributed by atoms with Gasteiger partial charge in [-0.15, -0.1) is 11.3 Å². The third-order valence-electron chi connectivity index (χ3n) is 4.96. The van der Waals surface area contributed by atoms with E-state index in [4.69, 9.17) is 15.5 Å². The molecule has 0 spiro atoms. The molecule has 4 rings (SSSR count). The number of amides is 1. The summed E-state index contributed by atoms with van der Waals surface area (Å²) in [5.41, 5.74) is 8.02. The van der Waals surface area contributed by atoms with Gasteiger partial charge < -0.3 is 10.5 Å². The van der Waals surface area contributed by atoms with Crippen molar-refractivity contribution in [3.05, 3.63) is 81.7 Å². The highest BCUT2D eigenvalue weighted by molar-refractivity contribution is 7.17. The van der Waals surface area contributed by atoms with E-state index in [2.05, 4.69) is 0 Å². The fourth-order valence-corrected chi connectivity index (χ4v) is 4.37. The minimum atomic E-state index is -0.453. The summed E-state index contributed by atoms with van der Waals surface area (Å²) in [6, 6.07) is 17.4. The molecule has 2 heterocycles. The van der Waals surface area contributed by atoms with Crippen LogP contribution in [0, 0.1) is 0 Å². The molecule has 0 saturated heterocycles. The van der Waals surface area contributed by atoms with E-state index in [0.29, 0.717) is 22.5 Å². The Morgan fingerprint density at radius 1 is 1.13 bits per heavy atom. The molecule has 30 heavy (non-hydrogen) atoms. The largest absolute Gasteiger partial charge is 0.497 e. The van der Waals surface area contributed by atoms with Crippen molar-refractivity contribution in [2.45, 2.75) is 19.4 Å². The van der Waals surface area contributed by atoms with Gasteiger partial charge in [-0.3, -0.25) is 14.2 Å². The predicted octanol–water partition coefficient (Wildman–Crippen LogP) is 3.60. The molecule has 0 radical (unpaired) electrons. The van der Waals surface area contributed by atoms with Crippen LogP contribution in [0.5, 0.6) is 5.75 Å². The van der Waals surface area contributed by atoms with Crippen molar-refractivity contribution in [2.24, 2.45) is 5.73 Å². The molecule has 1 amide bonds. The number of hydrogen-bond donors (Lipinski definition) is 1. The van der Waals surface area contributed by atoms with E-state index < -0.39 is 5.91 Å². The van der Waals surface area contributed by atoms with Crippen molar-refractivity contribution in [1.82, 2.24) is 9.55 Å². The second kappa shape index (κ2) is 8.51. The second-order valence-electron chi connectivity index (χ2n) is 6.92. The van der Waals surface area contributed by atoms with Crippen molar-refractivity contribution in [3.8, 4) is 16.9 Å². The van der Waals surface area contributed by atoms with E-state index >= 15 is 0 Å². The molecule has 6 nitrogen and oxygen atoms in total. The Labute approximate surface area is 177 Å². The van der Waals surface area contributed by atoms with Crippen molar-refractivity contribution >= 4 is 27.5 Å². The lowest BCUT2D eigenvalue weighted by Crippen LogP contribution is -2.27. The molecule has 4 aromatic rings. The topological polar surface area (TPSA) is 87.2 Å². The fourth-order valence-electron chi connectivity index (χ4n) is 3.41. The Bertz CT molecular complexity index is 1240. The third kappa shape index (κ3) is 3.97. The molecule has 0 saturated carbocycles. The first-order chi connectivity index (χ1) is 14.6. The summed E-state index contributed by atoms with van der Waals surface area (Å²) in [5, 5.41) is 2.54. The van der Waals surface area contributed by atoms with Gasteiger partial charge in [-0.1, -0.05) is 42.5 Å². The number of carbonyl (C=O) groups excluding carboxylic acids is 1. The molecule has 0 unspecified atom stereocenters. The van der Waals surface area contributed by atoms with Crippen LogP contribution in [0.2, 0.25) is 0 Å². The highest BCUT2D eigenvalue weighted by Gasteiger charge is 2.17. The number of benzene rings is 2. The normalized spacial score (nSPS) is 11.0. The summed E-state index contributed by atoms with van der Waals surface area (Å²) in [7, 11) is 1.62. The average Bonchev–Trinajstić information content (AvgIpc) is 3.18. The standard InChI is InChI=1S/C23H21N3O3S/c1-29-17-9-7-15(8-10-17)13-20-25-22-21(23(28)26(20)12-11-19(24)27)18(14-30-22)16-5-3-2-4-6-16/h2-10,14H,11-13H2,1H3,(H2,24,27). The zero-order chi connectivity index (χ0) is 21.1. The number of ether oxygens (including phenoxy) is 1. The van der Waals surface area contributed by atoms with Crippen LogP contribution in [0.1, 0.15) is 17.8 Å². The van der Waals surface area contributed by atoms with Gasteiger partial charge in [-0.25, -0.2) is 4.98 Å². The summed E-state index contributed by atoms with van der Waals surface area (Å²) in [5.74, 6) is 0.922. The maximum atomic E-state index is 13.5. The Balaban J connectivity index is 1.83. The van der Waals surface area contributed by atoms with Crippen LogP contribution in [0.15, 0.2) is 64.8 Å². The minimum absolute atomic E-state index is 0.0769. The molecule has 0 aliphatic heterocycles. The van der Waals surface area contributed by atoms with E-state index in [0.717, 1.165) is 22.4 Å². The number of thiophene rings is 1. The van der Waals surface area contributed by atoms with Gasteiger partial charge in [0, 0.05) is 30.3 Å². The summed E-state index contributed by atoms with van der Waals surface area (Å²) >= 11 is 1.45. The van der Waals surface area contributed by atoms with Crippen molar-refractivity contribution in [2.75, 3.05) is 7.11 Å². The summed E-state index contributed by atoms with van der Waals surface area (Å²) in [4.78, 5) is 30.4. The van der Waals surface area contributed by atoms with E-state index in [1.54, 1.807) is 11.7 Å². The zero-order valence-electron chi connectivity index (χ0n) is 16.5. The number of nitrogens with two attached hydrogens (primary N) is 1. The minimum Gasteiger partial charge on any atom is -0.497 e. The highest BCUT2D eigenvalue weighted by Crippen LogP contribution is 2.31. The molecule has 7 heteroatoms. The summed E-state index contributed by atoms with van der Waals surface area (Å²) in [6.45, 7) is 0.201. The number of fused-ring (bicyclic) bond motifs is 1. The number of nitrogens with zero attached hydrogens (tertiary/aromatic N) is 2. The second-order valence-corrected chi connectivity index (χ2v) is 7.78. The van der Waals surface area contributed by atoms with E-state index in [1.807, 2.05) is 60.0 Å². The lowest BCUT2D eigenvalue weighted by atomic mass is 10.1. The van der Waals surface area contributed by atoms with Gasteiger partial charge in [0.15, 0.2) is 0 Å². The molecule has 0 aliphatic rings. The highest BCUT2D eigenvalue weighted by atomic mass is 32.1. The van der Waals surface area contributed by atoms with Gasteiger partial charge in [0.2, 0.25) is 5.91 Å². The number of hydrogen-bond acceptors (Lipinski definition) is 5. The van der Waals surface area contributed by atoms with Gasteiger partial charge in [0.1, 0.15) is 16.4 Å². The van der Waals surface area contributed by atoms with Crippen LogP contribution in [0.25, 0.3) is 21.3 Å². The summed E-state index contributed by atoms with van der Waals surface area (Å²) in [6.07, 6.45) is 0.542. The average molecular weight is 420 g/mol. The molecule has 0 aliphatic carbocycles. The first-order valence-electron chi connectivity index (χ1n) is 9.54. The van der Waals surface area contributed by atoms with Crippen molar-refractivity contribution < 1.29 is 9.53 Å². The lowest BCUT2D eigenvalue weighted by molar-refractivity contribution is -0.118. The van der Waals surface area contributed by atoms with Crippen LogP contribution >= 0.6 is 11.3 Å². The number of aromatic nitrogens is 2. The lowest BCUT2D eigenvalue weighted by Gasteiger charge is -2.13. The van der Waals surface area contributed by atoms with E-state index in [9.17, 15) is 9.59 Å². The number of rotatable bonds is 7. The number of methoxy groups -OCH3 is 1. The molecular weight excluding hydrogens is 398 g/mol. The van der Waals surface area contributed by atoms with Crippen molar-refractivity contribution in [3.63, 3.8) is 0 Å². The van der Waals surface area contributed by atoms with E-state index in [-0.39, 0.29) is 18.5 Å². The Hall–Kier alpha value is -3.45. The fraction of sp³-hybridized carbons (Fsp3) is 0.174. The predicted molar refractivity (Wildman–Crippen MR) is 119 cm³/mol. The maximum Gasteiger partial charge on any atom is 0.262 e. The molecule has 0 fully saturated rings. The summed E-state index contributed by atoms with van der Waals surface area (Å²) < 4.78 is 6.79. The first kappa shape index (κ1) is 19.8. The van der Waals surface area contributed by atoms with Crippen LogP contribution < -0.4 is 16.0 Å². The Morgan fingerprint density at radius 3 is 2.53 bits per heavy atom. The van der Waals surface area contributed by atoms with E-state index in [1.165, 1.54) is 11.3 Å². The Morgan fingerprint density at radius 2 is 1.87 bits per heavy atom. The molecule has 152 valence electrons. The smallest absolute Gasteiger partial charge is 0.262 e. The van der Waals surface area contributed by atoms with Crippen LogP contribution in [0.4, 0.5) is 0 Å². The molecular formula is C23H21N3O3S. The van der Waals surface area contributed by atoms with Crippen molar-refractivity contribution in [1.29, 1.82) is 0 Å². The number of primary amides is 1. The van der Waals surface area contributed by atoms with Crippen LogP contribution in [-0.4, -0.2) is 22.6 Å². The van der Waals surface area contributed by atoms with Crippen LogP contribution in [0.3, 0.4) is 0 Å². The molecule has 2 N–H and O–H groups in total. The van der Waals surface area contributed by atoms with Gasteiger partial charge in [-0.05, 0) is 23.3 Å². The molecule has 2 aromatic heterocycles. The first-order valence-corrected chi connectivity index (χ1v) is 10.4. The number of carbonyl (C=O) groups is 1. The van der Waals surface area contributed by atoms with Gasteiger partial charge in [0.05, 0.1) is 12.5 Å².